The summed E-state index contributed by atoms with van der Waals surface area (Å²) in [6.45, 7) is 4.93. The molecule has 0 aliphatic heterocycles. The van der Waals surface area contributed by atoms with Crippen molar-refractivity contribution in [2.45, 2.75) is 45.8 Å². The zero-order valence-corrected chi connectivity index (χ0v) is 11.5. The molecule has 3 atom stereocenters. The third-order valence-electron chi connectivity index (χ3n) is 4.12. The highest BCUT2D eigenvalue weighted by Crippen LogP contribution is 2.31. The Morgan fingerprint density at radius 1 is 1.26 bits per heavy atom. The number of rotatable bonds is 3. The summed E-state index contributed by atoms with van der Waals surface area (Å²) in [4.78, 5) is 0. The monoisotopic (exact) mass is 261 g/mol. The summed E-state index contributed by atoms with van der Waals surface area (Å²) < 4.78 is 19.2. The molecule has 0 bridgehead atoms. The molecule has 2 rings (SSSR count). The number of halogens is 1. The van der Waals surface area contributed by atoms with Crippen LogP contribution in [0.1, 0.15) is 44.2 Å². The fourth-order valence-corrected chi connectivity index (χ4v) is 2.66. The summed E-state index contributed by atoms with van der Waals surface area (Å²) in [5, 5.41) is 8.81. The predicted octanol–water partition coefficient (Wildman–Crippen LogP) is 4.04. The lowest BCUT2D eigenvalue weighted by atomic mass is 9.80. The van der Waals surface area contributed by atoms with E-state index in [0.29, 0.717) is 18.1 Å². The first-order valence-electron chi connectivity index (χ1n) is 6.89. The molecular formula is C16H20FNO. The van der Waals surface area contributed by atoms with E-state index in [-0.39, 0.29) is 11.9 Å². The van der Waals surface area contributed by atoms with Crippen molar-refractivity contribution in [3.05, 3.63) is 35.1 Å². The Labute approximate surface area is 114 Å². The normalized spacial score (nSPS) is 26.9. The quantitative estimate of drug-likeness (QED) is 0.822. The van der Waals surface area contributed by atoms with Crippen LogP contribution in [0.4, 0.5) is 4.39 Å². The van der Waals surface area contributed by atoms with Gasteiger partial charge in [-0.1, -0.05) is 13.8 Å². The van der Waals surface area contributed by atoms with E-state index in [1.54, 1.807) is 6.07 Å². The van der Waals surface area contributed by atoms with Crippen molar-refractivity contribution in [1.82, 2.24) is 0 Å². The van der Waals surface area contributed by atoms with Gasteiger partial charge in [0.1, 0.15) is 5.82 Å². The largest absolute Gasteiger partial charge is 0.374 e. The molecule has 3 heteroatoms. The third-order valence-corrected chi connectivity index (χ3v) is 4.12. The molecule has 2 nitrogen and oxygen atoms in total. The van der Waals surface area contributed by atoms with Gasteiger partial charge in [-0.3, -0.25) is 0 Å². The van der Waals surface area contributed by atoms with E-state index in [4.69, 9.17) is 10.00 Å². The van der Waals surface area contributed by atoms with Crippen LogP contribution in [0.15, 0.2) is 18.2 Å². The van der Waals surface area contributed by atoms with Crippen LogP contribution in [0.2, 0.25) is 0 Å². The molecule has 19 heavy (non-hydrogen) atoms. The Balaban J connectivity index is 1.92. The Morgan fingerprint density at radius 2 is 2.05 bits per heavy atom. The van der Waals surface area contributed by atoms with Gasteiger partial charge in [0.05, 0.1) is 24.3 Å². The van der Waals surface area contributed by atoms with Gasteiger partial charge < -0.3 is 4.74 Å². The number of ether oxygens (including phenoxy) is 1. The zero-order chi connectivity index (χ0) is 13.8. The molecule has 0 aromatic heterocycles. The molecule has 0 amide bonds. The van der Waals surface area contributed by atoms with E-state index in [0.717, 1.165) is 24.3 Å². The lowest BCUT2D eigenvalue weighted by molar-refractivity contribution is -0.00754. The van der Waals surface area contributed by atoms with Gasteiger partial charge in [0.25, 0.3) is 0 Å². The van der Waals surface area contributed by atoms with Crippen LogP contribution in [-0.4, -0.2) is 6.10 Å². The number of hydrogen-bond acceptors (Lipinski definition) is 2. The van der Waals surface area contributed by atoms with E-state index in [2.05, 4.69) is 13.8 Å². The molecule has 3 unspecified atom stereocenters. The van der Waals surface area contributed by atoms with Gasteiger partial charge in [0, 0.05) is 0 Å². The minimum absolute atomic E-state index is 0.264. The van der Waals surface area contributed by atoms with Crippen molar-refractivity contribution in [1.29, 1.82) is 5.26 Å². The molecule has 0 N–H and O–H groups in total. The Morgan fingerprint density at radius 3 is 2.74 bits per heavy atom. The van der Waals surface area contributed by atoms with Gasteiger partial charge in [-0.2, -0.15) is 5.26 Å². The molecule has 1 fully saturated rings. The topological polar surface area (TPSA) is 33.0 Å². The SMILES string of the molecule is CC1CCC(OCc2cc(F)cc(C#N)c2)CC1C. The van der Waals surface area contributed by atoms with Crippen molar-refractivity contribution >= 4 is 0 Å². The molecule has 102 valence electrons. The first-order valence-corrected chi connectivity index (χ1v) is 6.89. The van der Waals surface area contributed by atoms with Gasteiger partial charge in [0.2, 0.25) is 0 Å². The zero-order valence-electron chi connectivity index (χ0n) is 11.5. The van der Waals surface area contributed by atoms with Gasteiger partial charge in [-0.25, -0.2) is 4.39 Å². The number of nitrogens with zero attached hydrogens (tertiary/aromatic N) is 1. The lowest BCUT2D eigenvalue weighted by Crippen LogP contribution is -2.26. The molecule has 1 saturated carbocycles. The fraction of sp³-hybridized carbons (Fsp3) is 0.562. The summed E-state index contributed by atoms with van der Waals surface area (Å²) in [6, 6.07) is 6.34. The summed E-state index contributed by atoms with van der Waals surface area (Å²) in [6.07, 6.45) is 3.60. The number of hydrogen-bond donors (Lipinski definition) is 0. The van der Waals surface area contributed by atoms with Gasteiger partial charge in [-0.15, -0.1) is 0 Å². The van der Waals surface area contributed by atoms with Crippen molar-refractivity contribution in [2.24, 2.45) is 11.8 Å². The van der Waals surface area contributed by atoms with E-state index in [1.165, 1.54) is 18.6 Å². The Kier molecular flexibility index (Phi) is 4.55. The van der Waals surface area contributed by atoms with E-state index in [1.807, 2.05) is 6.07 Å². The second-order valence-electron chi connectivity index (χ2n) is 5.66. The highest BCUT2D eigenvalue weighted by atomic mass is 19.1. The average molecular weight is 261 g/mol. The molecule has 1 aliphatic rings. The van der Waals surface area contributed by atoms with Crippen LogP contribution in [-0.2, 0) is 11.3 Å². The van der Waals surface area contributed by atoms with Crippen molar-refractivity contribution < 1.29 is 9.13 Å². The van der Waals surface area contributed by atoms with E-state index in [9.17, 15) is 4.39 Å². The summed E-state index contributed by atoms with van der Waals surface area (Å²) >= 11 is 0. The summed E-state index contributed by atoms with van der Waals surface area (Å²) in [5.74, 6) is 1.07. The maximum Gasteiger partial charge on any atom is 0.124 e. The minimum Gasteiger partial charge on any atom is -0.374 e. The Hall–Kier alpha value is -1.40. The molecule has 1 aromatic carbocycles. The fourth-order valence-electron chi connectivity index (χ4n) is 2.66. The molecule has 1 aromatic rings. The number of benzene rings is 1. The minimum atomic E-state index is -0.372. The summed E-state index contributed by atoms with van der Waals surface area (Å²) in [7, 11) is 0. The highest BCUT2D eigenvalue weighted by Gasteiger charge is 2.24. The maximum atomic E-state index is 13.3. The molecule has 1 aliphatic carbocycles. The van der Waals surface area contributed by atoms with Crippen LogP contribution in [0.3, 0.4) is 0 Å². The van der Waals surface area contributed by atoms with Crippen molar-refractivity contribution in [3.63, 3.8) is 0 Å². The van der Waals surface area contributed by atoms with Crippen molar-refractivity contribution in [3.8, 4) is 6.07 Å². The first-order chi connectivity index (χ1) is 9.08. The molecular weight excluding hydrogens is 241 g/mol. The third kappa shape index (κ3) is 3.78. The molecule has 0 saturated heterocycles. The highest BCUT2D eigenvalue weighted by molar-refractivity contribution is 5.33. The van der Waals surface area contributed by atoms with Crippen LogP contribution in [0.5, 0.6) is 0 Å². The van der Waals surface area contributed by atoms with Crippen LogP contribution in [0.25, 0.3) is 0 Å². The second-order valence-corrected chi connectivity index (χ2v) is 5.66. The first kappa shape index (κ1) is 14.0. The average Bonchev–Trinajstić information content (AvgIpc) is 2.39. The van der Waals surface area contributed by atoms with E-state index < -0.39 is 0 Å². The Bertz CT molecular complexity index is 480. The van der Waals surface area contributed by atoms with Crippen LogP contribution in [0, 0.1) is 29.0 Å². The van der Waals surface area contributed by atoms with Gasteiger partial charge in [0.15, 0.2) is 0 Å². The second kappa shape index (κ2) is 6.16. The number of nitriles is 1. The molecule has 0 radical (unpaired) electrons. The summed E-state index contributed by atoms with van der Waals surface area (Å²) in [5.41, 5.74) is 1.09. The van der Waals surface area contributed by atoms with Gasteiger partial charge in [-0.05, 0) is 54.9 Å². The maximum absolute atomic E-state index is 13.3. The van der Waals surface area contributed by atoms with Crippen LogP contribution >= 0.6 is 0 Å². The predicted molar refractivity (Wildman–Crippen MR) is 71.9 cm³/mol. The van der Waals surface area contributed by atoms with Crippen LogP contribution < -0.4 is 0 Å². The molecule has 0 spiro atoms. The molecule has 0 heterocycles. The van der Waals surface area contributed by atoms with Crippen molar-refractivity contribution in [2.75, 3.05) is 0 Å². The standard InChI is InChI=1S/C16H20FNO/c1-11-3-4-16(5-12(11)2)19-10-14-6-13(9-18)7-15(17)8-14/h6-8,11-12,16H,3-5,10H2,1-2H3. The smallest absolute Gasteiger partial charge is 0.124 e. The lowest BCUT2D eigenvalue weighted by Gasteiger charge is -2.32. The van der Waals surface area contributed by atoms with Gasteiger partial charge >= 0.3 is 0 Å². The van der Waals surface area contributed by atoms with E-state index >= 15 is 0 Å².